The largest absolute Gasteiger partial charge is 0.347 e. The van der Waals surface area contributed by atoms with Crippen LogP contribution in [-0.2, 0) is 17.6 Å². The van der Waals surface area contributed by atoms with E-state index >= 15 is 0 Å². The molecule has 0 N–H and O–H groups in total. The van der Waals surface area contributed by atoms with Crippen molar-refractivity contribution in [2.75, 3.05) is 0 Å². The summed E-state index contributed by atoms with van der Waals surface area (Å²) in [6, 6.07) is 2.61. The molecular weight excluding hydrogens is 210 g/mol. The maximum absolute atomic E-state index is 12.2. The van der Waals surface area contributed by atoms with Crippen molar-refractivity contribution < 1.29 is 4.79 Å². The molecule has 1 aromatic heterocycles. The minimum Gasteiger partial charge on any atom is -0.347 e. The molecule has 2 nitrogen and oxygen atoms in total. The van der Waals surface area contributed by atoms with Crippen molar-refractivity contribution in [2.45, 2.75) is 58.9 Å². The van der Waals surface area contributed by atoms with Crippen molar-refractivity contribution in [3.05, 3.63) is 23.5 Å². The average molecular weight is 233 g/mol. The van der Waals surface area contributed by atoms with Crippen LogP contribution in [0.3, 0.4) is 0 Å². The summed E-state index contributed by atoms with van der Waals surface area (Å²) in [5.74, 6) is 0.678. The van der Waals surface area contributed by atoms with Crippen LogP contribution in [0, 0.1) is 5.92 Å². The Hall–Kier alpha value is -1.05. The number of carbonyl (C=O) groups is 1. The second-order valence-electron chi connectivity index (χ2n) is 5.08. The van der Waals surface area contributed by atoms with Gasteiger partial charge >= 0.3 is 0 Å². The Morgan fingerprint density at radius 2 is 2.06 bits per heavy atom. The number of aromatic nitrogens is 1. The first-order valence-corrected chi connectivity index (χ1v) is 6.94. The van der Waals surface area contributed by atoms with E-state index in [9.17, 15) is 4.79 Å². The van der Waals surface area contributed by atoms with E-state index in [-0.39, 0.29) is 5.92 Å². The zero-order valence-corrected chi connectivity index (χ0v) is 11.2. The smallest absolute Gasteiger partial charge is 0.143 e. The summed E-state index contributed by atoms with van der Waals surface area (Å²) in [4.78, 5) is 12.2. The molecule has 2 rings (SSSR count). The fourth-order valence-corrected chi connectivity index (χ4v) is 3.22. The summed E-state index contributed by atoms with van der Waals surface area (Å²) in [6.07, 6.45) is 7.12. The summed E-state index contributed by atoms with van der Waals surface area (Å²) in [7, 11) is 0. The lowest BCUT2D eigenvalue weighted by atomic mass is 9.84. The van der Waals surface area contributed by atoms with Gasteiger partial charge in [-0.25, -0.2) is 0 Å². The van der Waals surface area contributed by atoms with Gasteiger partial charge in [-0.1, -0.05) is 27.2 Å². The molecule has 0 aliphatic carbocycles. The van der Waals surface area contributed by atoms with Crippen LogP contribution in [0.5, 0.6) is 0 Å². The van der Waals surface area contributed by atoms with Crippen LogP contribution < -0.4 is 0 Å². The summed E-state index contributed by atoms with van der Waals surface area (Å²) >= 11 is 0. The van der Waals surface area contributed by atoms with E-state index in [0.717, 1.165) is 25.7 Å². The van der Waals surface area contributed by atoms with Gasteiger partial charge in [0, 0.05) is 30.3 Å². The molecule has 0 bridgehead atoms. The van der Waals surface area contributed by atoms with Gasteiger partial charge in [0.15, 0.2) is 0 Å². The molecule has 94 valence electrons. The van der Waals surface area contributed by atoms with Gasteiger partial charge < -0.3 is 4.57 Å². The van der Waals surface area contributed by atoms with Gasteiger partial charge in [-0.3, -0.25) is 4.79 Å². The van der Waals surface area contributed by atoms with E-state index in [2.05, 4.69) is 37.6 Å². The third-order valence-corrected chi connectivity index (χ3v) is 4.07. The van der Waals surface area contributed by atoms with Gasteiger partial charge in [-0.15, -0.1) is 0 Å². The van der Waals surface area contributed by atoms with Crippen molar-refractivity contribution in [1.82, 2.24) is 4.57 Å². The van der Waals surface area contributed by atoms with E-state index < -0.39 is 0 Å². The van der Waals surface area contributed by atoms with Gasteiger partial charge in [0.05, 0.1) is 0 Å². The second kappa shape index (κ2) is 5.07. The molecule has 0 radical (unpaired) electrons. The van der Waals surface area contributed by atoms with Crippen molar-refractivity contribution in [2.24, 2.45) is 5.92 Å². The molecule has 0 fully saturated rings. The number of Topliss-reactive ketones (excluding diaryl/α,β-unsaturated/α-hetero) is 1. The minimum absolute atomic E-state index is 0.231. The molecule has 1 aliphatic rings. The van der Waals surface area contributed by atoms with Crippen LogP contribution in [0.2, 0.25) is 0 Å². The molecular formula is C15H23NO. The molecule has 0 saturated heterocycles. The van der Waals surface area contributed by atoms with Gasteiger partial charge in [-0.05, 0) is 30.9 Å². The lowest BCUT2D eigenvalue weighted by Gasteiger charge is -2.32. The predicted molar refractivity (Wildman–Crippen MR) is 70.2 cm³/mol. The van der Waals surface area contributed by atoms with E-state index in [4.69, 9.17) is 0 Å². The first kappa shape index (κ1) is 12.4. The number of aryl methyl sites for hydroxylation is 1. The molecule has 2 atom stereocenters. The number of ketones is 1. The van der Waals surface area contributed by atoms with Crippen LogP contribution in [0.25, 0.3) is 0 Å². The minimum atomic E-state index is 0.231. The normalized spacial score (nSPS) is 23.8. The summed E-state index contributed by atoms with van der Waals surface area (Å²) in [5, 5.41) is 0. The maximum Gasteiger partial charge on any atom is 0.143 e. The van der Waals surface area contributed by atoms with Crippen molar-refractivity contribution in [1.29, 1.82) is 0 Å². The summed E-state index contributed by atoms with van der Waals surface area (Å²) in [6.45, 7) is 6.52. The summed E-state index contributed by atoms with van der Waals surface area (Å²) < 4.78 is 2.38. The lowest BCUT2D eigenvalue weighted by Crippen LogP contribution is -2.33. The predicted octanol–water partition coefficient (Wildman–Crippen LogP) is 3.54. The lowest BCUT2D eigenvalue weighted by molar-refractivity contribution is -0.125. The van der Waals surface area contributed by atoms with E-state index in [1.807, 2.05) is 0 Å². The first-order valence-electron chi connectivity index (χ1n) is 6.94. The number of nitrogens with zero attached hydrogens (tertiary/aromatic N) is 1. The third-order valence-electron chi connectivity index (χ3n) is 4.07. The highest BCUT2D eigenvalue weighted by Crippen LogP contribution is 2.34. The fraction of sp³-hybridized carbons (Fsp3) is 0.667. The first-order chi connectivity index (χ1) is 8.22. The summed E-state index contributed by atoms with van der Waals surface area (Å²) in [5.41, 5.74) is 2.67. The molecule has 17 heavy (non-hydrogen) atoms. The topological polar surface area (TPSA) is 22.0 Å². The molecule has 2 heterocycles. The Kier molecular flexibility index (Phi) is 3.70. The van der Waals surface area contributed by atoms with E-state index in [1.54, 1.807) is 0 Å². The van der Waals surface area contributed by atoms with Gasteiger partial charge in [-0.2, -0.15) is 0 Å². The molecule has 2 unspecified atom stereocenters. The quantitative estimate of drug-likeness (QED) is 0.779. The molecule has 0 spiro atoms. The number of rotatable bonds is 4. The van der Waals surface area contributed by atoms with Gasteiger partial charge in [0.1, 0.15) is 5.78 Å². The molecule has 0 aromatic carbocycles. The molecule has 2 heteroatoms. The monoisotopic (exact) mass is 233 g/mol. The Labute approximate surface area is 104 Å². The molecule has 0 amide bonds. The number of carbonyl (C=O) groups excluding carboxylic acids is 1. The molecule has 1 aromatic rings. The van der Waals surface area contributed by atoms with Gasteiger partial charge in [0.2, 0.25) is 0 Å². The molecule has 0 saturated carbocycles. The molecule has 1 aliphatic heterocycles. The Bertz CT molecular complexity index is 405. The van der Waals surface area contributed by atoms with Crippen molar-refractivity contribution >= 4 is 5.78 Å². The van der Waals surface area contributed by atoms with Crippen LogP contribution in [0.15, 0.2) is 12.3 Å². The Balaban J connectivity index is 2.39. The van der Waals surface area contributed by atoms with E-state index in [0.29, 0.717) is 18.2 Å². The van der Waals surface area contributed by atoms with E-state index in [1.165, 1.54) is 11.3 Å². The number of hydrogen-bond acceptors (Lipinski definition) is 1. The zero-order chi connectivity index (χ0) is 12.4. The standard InChI is InChI=1S/C15H23NO/c1-4-7-11-8-9-16-13(6-3)12(5-2)15(17)10-14(11)16/h8-9,12-13H,4-7,10H2,1-3H3. The average Bonchev–Trinajstić information content (AvgIpc) is 2.71. The number of hydrogen-bond donors (Lipinski definition) is 0. The highest BCUT2D eigenvalue weighted by Gasteiger charge is 2.33. The number of fused-ring (bicyclic) bond motifs is 1. The van der Waals surface area contributed by atoms with Crippen LogP contribution in [-0.4, -0.2) is 10.4 Å². The zero-order valence-electron chi connectivity index (χ0n) is 11.2. The maximum atomic E-state index is 12.2. The Morgan fingerprint density at radius 1 is 1.29 bits per heavy atom. The van der Waals surface area contributed by atoms with Crippen LogP contribution in [0.4, 0.5) is 0 Å². The third kappa shape index (κ3) is 2.05. The highest BCUT2D eigenvalue weighted by molar-refractivity contribution is 5.85. The second-order valence-corrected chi connectivity index (χ2v) is 5.08. The fourth-order valence-electron chi connectivity index (χ4n) is 3.22. The van der Waals surface area contributed by atoms with Crippen molar-refractivity contribution in [3.63, 3.8) is 0 Å². The van der Waals surface area contributed by atoms with Gasteiger partial charge in [0.25, 0.3) is 0 Å². The SMILES string of the molecule is CCCc1ccn2c1CC(=O)C(CC)C2CC. The van der Waals surface area contributed by atoms with Crippen LogP contribution >= 0.6 is 0 Å². The Morgan fingerprint density at radius 3 is 2.65 bits per heavy atom. The van der Waals surface area contributed by atoms with Crippen LogP contribution in [0.1, 0.15) is 57.3 Å². The highest BCUT2D eigenvalue weighted by atomic mass is 16.1. The van der Waals surface area contributed by atoms with Crippen molar-refractivity contribution in [3.8, 4) is 0 Å².